The Kier molecular flexibility index (Phi) is 4.45. The fourth-order valence-electron chi connectivity index (χ4n) is 2.20. The van der Waals surface area contributed by atoms with Gasteiger partial charge in [-0.3, -0.25) is 4.68 Å². The topological polar surface area (TPSA) is 44.1 Å². The molecule has 0 aliphatic heterocycles. The largest absolute Gasteiger partial charge is 0.416 e. The zero-order valence-corrected chi connectivity index (χ0v) is 13.1. The molecule has 0 saturated carbocycles. The number of benzene rings is 2. The lowest BCUT2D eigenvalue weighted by atomic mass is 10.1. The fourth-order valence-corrected chi connectivity index (χ4v) is 2.20. The maximum atomic E-state index is 13.6. The van der Waals surface area contributed by atoms with Crippen molar-refractivity contribution < 1.29 is 31.5 Å². The van der Waals surface area contributed by atoms with E-state index in [1.165, 1.54) is 22.9 Å². The molecule has 3 rings (SSSR count). The highest BCUT2D eigenvalue weighted by molar-refractivity contribution is 5.92. The van der Waals surface area contributed by atoms with E-state index in [0.717, 1.165) is 0 Å². The Morgan fingerprint density at radius 1 is 0.962 bits per heavy atom. The molecule has 0 N–H and O–H groups in total. The van der Waals surface area contributed by atoms with Crippen LogP contribution in [0.15, 0.2) is 36.5 Å². The summed E-state index contributed by atoms with van der Waals surface area (Å²) in [5.41, 5.74) is 0.855. The standard InChI is InChI=1S/C17H9F5N2O2/c1-24-6-5-10(23-24)8-3-2-4-9(7-8)17(25)26-16-14(21)12(19)11(18)13(20)15(16)22/h2-7H,1H3. The molecule has 0 spiro atoms. The lowest BCUT2D eigenvalue weighted by molar-refractivity contribution is 0.0716. The molecule has 26 heavy (non-hydrogen) atoms. The lowest BCUT2D eigenvalue weighted by Gasteiger charge is -2.09. The van der Waals surface area contributed by atoms with E-state index in [1.807, 2.05) is 0 Å². The minimum Gasteiger partial charge on any atom is -0.416 e. The zero-order chi connectivity index (χ0) is 19.0. The second kappa shape index (κ2) is 6.58. The number of rotatable bonds is 3. The van der Waals surface area contributed by atoms with E-state index in [-0.39, 0.29) is 5.56 Å². The third-order valence-electron chi connectivity index (χ3n) is 3.47. The van der Waals surface area contributed by atoms with Gasteiger partial charge >= 0.3 is 5.97 Å². The van der Waals surface area contributed by atoms with Crippen molar-refractivity contribution >= 4 is 5.97 Å². The van der Waals surface area contributed by atoms with Gasteiger partial charge in [-0.1, -0.05) is 12.1 Å². The van der Waals surface area contributed by atoms with Gasteiger partial charge in [0.1, 0.15) is 0 Å². The van der Waals surface area contributed by atoms with Gasteiger partial charge in [-0.25, -0.2) is 18.0 Å². The van der Waals surface area contributed by atoms with Crippen molar-refractivity contribution in [2.45, 2.75) is 0 Å². The number of aryl methyl sites for hydroxylation is 1. The Morgan fingerprint density at radius 2 is 1.58 bits per heavy atom. The first-order chi connectivity index (χ1) is 12.3. The van der Waals surface area contributed by atoms with E-state index in [9.17, 15) is 26.7 Å². The number of halogens is 5. The molecule has 0 unspecified atom stereocenters. The second-order valence-electron chi connectivity index (χ2n) is 5.24. The number of carbonyl (C=O) groups excluding carboxylic acids is 1. The minimum absolute atomic E-state index is 0.155. The molecule has 0 aliphatic rings. The highest BCUT2D eigenvalue weighted by Crippen LogP contribution is 2.30. The maximum Gasteiger partial charge on any atom is 0.343 e. The van der Waals surface area contributed by atoms with Gasteiger partial charge in [0, 0.05) is 18.8 Å². The summed E-state index contributed by atoms with van der Waals surface area (Å²) in [4.78, 5) is 12.1. The third kappa shape index (κ3) is 3.03. The van der Waals surface area contributed by atoms with E-state index >= 15 is 0 Å². The van der Waals surface area contributed by atoms with E-state index < -0.39 is 40.8 Å². The summed E-state index contributed by atoms with van der Waals surface area (Å²) < 4.78 is 72.6. The molecule has 0 amide bonds. The smallest absolute Gasteiger partial charge is 0.343 e. The van der Waals surface area contributed by atoms with Crippen LogP contribution in [0.3, 0.4) is 0 Å². The SMILES string of the molecule is Cn1ccc(-c2cccc(C(=O)Oc3c(F)c(F)c(F)c(F)c3F)c2)n1. The minimum atomic E-state index is -2.34. The summed E-state index contributed by atoms with van der Waals surface area (Å²) in [7, 11) is 1.69. The predicted molar refractivity (Wildman–Crippen MR) is 79.8 cm³/mol. The fraction of sp³-hybridized carbons (Fsp3) is 0.0588. The van der Waals surface area contributed by atoms with E-state index in [1.54, 1.807) is 25.4 Å². The average Bonchev–Trinajstić information content (AvgIpc) is 3.08. The molecule has 0 bridgehead atoms. The quantitative estimate of drug-likeness (QED) is 0.231. The summed E-state index contributed by atoms with van der Waals surface area (Å²) in [6, 6.07) is 7.32. The second-order valence-corrected chi connectivity index (χ2v) is 5.24. The van der Waals surface area contributed by atoms with E-state index in [4.69, 9.17) is 0 Å². The molecule has 9 heteroatoms. The number of carbonyl (C=O) groups is 1. The van der Waals surface area contributed by atoms with Crippen LogP contribution in [0.4, 0.5) is 22.0 Å². The molecule has 4 nitrogen and oxygen atoms in total. The number of esters is 1. The monoisotopic (exact) mass is 368 g/mol. The molecule has 3 aromatic rings. The number of nitrogens with zero attached hydrogens (tertiary/aromatic N) is 2. The van der Waals surface area contributed by atoms with Crippen molar-refractivity contribution in [1.29, 1.82) is 0 Å². The van der Waals surface area contributed by atoms with Crippen LogP contribution in [0.1, 0.15) is 10.4 Å². The molecule has 2 aromatic carbocycles. The van der Waals surface area contributed by atoms with Crippen molar-refractivity contribution in [1.82, 2.24) is 9.78 Å². The van der Waals surface area contributed by atoms with Gasteiger partial charge in [-0.05, 0) is 18.2 Å². The van der Waals surface area contributed by atoms with Crippen LogP contribution in [0.2, 0.25) is 0 Å². The van der Waals surface area contributed by atoms with E-state index in [2.05, 4.69) is 9.84 Å². The summed E-state index contributed by atoms with van der Waals surface area (Å²) >= 11 is 0. The molecule has 134 valence electrons. The van der Waals surface area contributed by atoms with Crippen LogP contribution in [0.5, 0.6) is 5.75 Å². The van der Waals surface area contributed by atoms with Crippen LogP contribution in [-0.2, 0) is 7.05 Å². The van der Waals surface area contributed by atoms with Gasteiger partial charge < -0.3 is 4.74 Å². The Bertz CT molecular complexity index is 987. The first kappa shape index (κ1) is 17.6. The first-order valence-corrected chi connectivity index (χ1v) is 7.13. The molecule has 1 aromatic heterocycles. The first-order valence-electron chi connectivity index (χ1n) is 7.13. The molecule has 0 saturated heterocycles. The number of aromatic nitrogens is 2. The van der Waals surface area contributed by atoms with Crippen molar-refractivity contribution in [3.8, 4) is 17.0 Å². The van der Waals surface area contributed by atoms with Crippen molar-refractivity contribution in [3.63, 3.8) is 0 Å². The Balaban J connectivity index is 1.95. The summed E-state index contributed by atoms with van der Waals surface area (Å²) in [5, 5.41) is 4.13. The Hall–Kier alpha value is -3.23. The predicted octanol–water partition coefficient (Wildman–Crippen LogP) is 4.00. The molecule has 0 aliphatic carbocycles. The highest BCUT2D eigenvalue weighted by atomic mass is 19.2. The van der Waals surface area contributed by atoms with Gasteiger partial charge in [0.2, 0.25) is 34.8 Å². The van der Waals surface area contributed by atoms with Gasteiger partial charge in [0.25, 0.3) is 0 Å². The number of ether oxygens (including phenoxy) is 1. The molecule has 0 radical (unpaired) electrons. The van der Waals surface area contributed by atoms with E-state index in [0.29, 0.717) is 11.3 Å². The summed E-state index contributed by atoms with van der Waals surface area (Å²) in [6.07, 6.45) is 1.66. The molecular formula is C17H9F5N2O2. The summed E-state index contributed by atoms with van der Waals surface area (Å²) in [6.45, 7) is 0. The molecule has 0 fully saturated rings. The number of hydrogen-bond acceptors (Lipinski definition) is 3. The Labute approximate surface area is 143 Å². The van der Waals surface area contributed by atoms with Crippen molar-refractivity contribution in [2.75, 3.05) is 0 Å². The normalized spacial score (nSPS) is 10.8. The highest BCUT2D eigenvalue weighted by Gasteiger charge is 2.28. The molecule has 1 heterocycles. The van der Waals surface area contributed by atoms with Crippen LogP contribution >= 0.6 is 0 Å². The molecule has 0 atom stereocenters. The van der Waals surface area contributed by atoms with Crippen LogP contribution in [0, 0.1) is 29.1 Å². The van der Waals surface area contributed by atoms with Crippen LogP contribution in [0.25, 0.3) is 11.3 Å². The van der Waals surface area contributed by atoms with Crippen molar-refractivity contribution in [3.05, 3.63) is 71.2 Å². The van der Waals surface area contributed by atoms with Gasteiger partial charge in [0.15, 0.2) is 0 Å². The van der Waals surface area contributed by atoms with Crippen LogP contribution in [-0.4, -0.2) is 15.7 Å². The maximum absolute atomic E-state index is 13.6. The lowest BCUT2D eigenvalue weighted by Crippen LogP contribution is -2.13. The Morgan fingerprint density at radius 3 is 2.15 bits per heavy atom. The van der Waals surface area contributed by atoms with Crippen molar-refractivity contribution in [2.24, 2.45) is 7.05 Å². The summed E-state index contributed by atoms with van der Waals surface area (Å²) in [5.74, 6) is -14.1. The molecular weight excluding hydrogens is 359 g/mol. The average molecular weight is 368 g/mol. The van der Waals surface area contributed by atoms with Crippen LogP contribution < -0.4 is 4.74 Å². The zero-order valence-electron chi connectivity index (χ0n) is 13.1. The van der Waals surface area contributed by atoms with Gasteiger partial charge in [-0.2, -0.15) is 13.9 Å². The van der Waals surface area contributed by atoms with Gasteiger partial charge in [0.05, 0.1) is 11.3 Å². The number of hydrogen-bond donors (Lipinski definition) is 0. The third-order valence-corrected chi connectivity index (χ3v) is 3.47. The van der Waals surface area contributed by atoms with Gasteiger partial charge in [-0.15, -0.1) is 0 Å².